The lowest BCUT2D eigenvalue weighted by atomic mass is 9.50. The van der Waals surface area contributed by atoms with Crippen LogP contribution in [0.3, 0.4) is 0 Å². The Hall–Kier alpha value is -10.7. The number of fused-ring (bicyclic) bond motifs is 6. The summed E-state index contributed by atoms with van der Waals surface area (Å²) in [5.74, 6) is 7.48. The fourth-order valence-electron chi connectivity index (χ4n) is 20.2. The van der Waals surface area contributed by atoms with Crippen molar-refractivity contribution in [2.24, 2.45) is 58.2 Å². The van der Waals surface area contributed by atoms with Crippen molar-refractivity contribution in [1.29, 1.82) is 0 Å². The van der Waals surface area contributed by atoms with E-state index in [0.717, 1.165) is 216 Å². The van der Waals surface area contributed by atoms with Crippen LogP contribution in [0.15, 0.2) is 182 Å². The van der Waals surface area contributed by atoms with Crippen molar-refractivity contribution in [3.8, 4) is 34.5 Å². The summed E-state index contributed by atoms with van der Waals surface area (Å²) in [6.45, 7) is 39.2. The maximum Gasteiger partial charge on any atom is 0.311 e. The molecule has 2 unspecified atom stereocenters. The molecule has 0 amide bonds. The van der Waals surface area contributed by atoms with Gasteiger partial charge in [-0.25, -0.2) is 0 Å². The van der Waals surface area contributed by atoms with Gasteiger partial charge in [-0.15, -0.1) is 0 Å². The second-order valence-corrected chi connectivity index (χ2v) is 40.1. The van der Waals surface area contributed by atoms with Crippen LogP contribution in [-0.2, 0) is 42.7 Å². The number of hydrogen-bond acceptors (Lipinski definition) is 12. The summed E-state index contributed by atoms with van der Waals surface area (Å²) in [6, 6.07) is 65.9. The number of esters is 2. The van der Waals surface area contributed by atoms with E-state index in [1.165, 1.54) is 22.3 Å². The molecule has 0 radical (unpaired) electrons. The van der Waals surface area contributed by atoms with E-state index in [1.54, 1.807) is 14.2 Å². The highest BCUT2D eigenvalue weighted by atomic mass is 16.5. The van der Waals surface area contributed by atoms with E-state index in [1.807, 2.05) is 0 Å². The molecule has 0 bridgehead atoms. The molecule has 2 saturated carbocycles. The molecule has 0 saturated heterocycles. The van der Waals surface area contributed by atoms with E-state index in [4.69, 9.17) is 37.9 Å². The highest BCUT2D eigenvalue weighted by molar-refractivity contribution is 5.87. The molecule has 0 spiro atoms. The lowest BCUT2D eigenvalue weighted by Crippen LogP contribution is -2.52. The van der Waals surface area contributed by atoms with Gasteiger partial charge >= 0.3 is 11.9 Å². The van der Waals surface area contributed by atoms with Crippen LogP contribution in [0.1, 0.15) is 267 Å². The summed E-state index contributed by atoms with van der Waals surface area (Å²) in [5.41, 5.74) is 18.2. The zero-order chi connectivity index (χ0) is 90.9. The van der Waals surface area contributed by atoms with Crippen LogP contribution >= 0.6 is 0 Å². The third-order valence-electron chi connectivity index (χ3n) is 27.8. The van der Waals surface area contributed by atoms with E-state index in [-0.39, 0.29) is 34.6 Å². The topological polar surface area (TPSA) is 114 Å². The van der Waals surface area contributed by atoms with Crippen LogP contribution < -0.4 is 38.2 Å². The number of methoxy groups -OCH3 is 2. The smallest absolute Gasteiger partial charge is 0.311 e. The molecule has 12 heteroatoms. The molecule has 9 aromatic carbocycles. The molecule has 0 aromatic heterocycles. The Labute approximate surface area is 766 Å². The standard InChI is InChI=1S/C116H144N2O10/c1-79(2)55-65-123-103-75-91(105(125-67-57-81(5)6)73-89(103)37-31-85-33-45-97(46-34-85)117(95-27-21-19-22-28-95)99-49-51-101-87(71-99)43-53-109-113(101,13)61-25-63-115(109,15)111(119)121-17)39-41-93-77-108(128-70-60-84(11)12)94(78-107(93)127-69-59-83(9)10)42-40-92-76-104(124-66-56-80(3)4)90(74-106(92)126-68-58-82(7)8)38-32-86-35-47-98(48-36-86)118(96-29-23-20-24-30-96)100-50-52-102-88(72-100)44-54-110-114(102,14)62-26-64-116(110,16)112(120)122-18/h19-24,27-42,45-52,71-84,109-110H,25-26,43-44,53-70H2,1-18H3/b37-31+,38-32+,41-39+,42-40+/t109?,110?,113-,114-,115-,116-/m1/s1. The molecule has 9 aromatic rings. The van der Waals surface area contributed by atoms with Gasteiger partial charge in [-0.2, -0.15) is 0 Å². The second-order valence-electron chi connectivity index (χ2n) is 40.1. The minimum Gasteiger partial charge on any atom is -0.493 e. The van der Waals surface area contributed by atoms with Gasteiger partial charge in [-0.05, 0) is 304 Å². The first-order chi connectivity index (χ1) is 61.6. The first kappa shape index (κ1) is 94.9. The average molecular weight is 1730 g/mol. The van der Waals surface area contributed by atoms with Gasteiger partial charge in [-0.3, -0.25) is 9.59 Å². The van der Waals surface area contributed by atoms with Gasteiger partial charge in [0.25, 0.3) is 0 Å². The molecular formula is C116H144N2O10. The Bertz CT molecular complexity index is 5000. The van der Waals surface area contributed by atoms with Gasteiger partial charge < -0.3 is 47.7 Å². The van der Waals surface area contributed by atoms with Crippen molar-refractivity contribution in [3.05, 3.63) is 249 Å². The molecule has 128 heavy (non-hydrogen) atoms. The Morgan fingerprint density at radius 1 is 0.320 bits per heavy atom. The molecule has 0 N–H and O–H groups in total. The average Bonchev–Trinajstić information content (AvgIpc) is 0.723. The maximum absolute atomic E-state index is 13.4. The highest BCUT2D eigenvalue weighted by Crippen LogP contribution is 2.60. The van der Waals surface area contributed by atoms with Crippen LogP contribution in [-0.4, -0.2) is 65.8 Å². The summed E-state index contributed by atoms with van der Waals surface area (Å²) in [5, 5.41) is 0. The number of rotatable bonds is 40. The monoisotopic (exact) mass is 1730 g/mol. The Kier molecular flexibility index (Phi) is 32.0. The number of ether oxygens (including phenoxy) is 8. The van der Waals surface area contributed by atoms with Gasteiger partial charge in [0, 0.05) is 67.5 Å². The Balaban J connectivity index is 0.818. The summed E-state index contributed by atoms with van der Waals surface area (Å²) >= 11 is 0. The van der Waals surface area contributed by atoms with Gasteiger partial charge in [0.1, 0.15) is 34.5 Å². The molecule has 2 fully saturated rings. The summed E-state index contributed by atoms with van der Waals surface area (Å²) in [7, 11) is 3.08. The molecule has 678 valence electrons. The van der Waals surface area contributed by atoms with E-state index >= 15 is 0 Å². The Morgan fingerprint density at radius 3 is 0.828 bits per heavy atom. The van der Waals surface area contributed by atoms with Gasteiger partial charge in [0.05, 0.1) is 64.7 Å². The molecule has 4 aliphatic rings. The number of anilines is 6. The van der Waals surface area contributed by atoms with Crippen molar-refractivity contribution < 1.29 is 47.5 Å². The molecule has 12 nitrogen and oxygen atoms in total. The highest BCUT2D eigenvalue weighted by Gasteiger charge is 2.57. The summed E-state index contributed by atoms with van der Waals surface area (Å²) in [6.07, 6.45) is 32.2. The molecular weight excluding hydrogens is 1580 g/mol. The van der Waals surface area contributed by atoms with Crippen LogP contribution in [0.5, 0.6) is 34.5 Å². The van der Waals surface area contributed by atoms with Crippen molar-refractivity contribution in [3.63, 3.8) is 0 Å². The van der Waals surface area contributed by atoms with E-state index in [9.17, 15) is 9.59 Å². The number of benzene rings is 9. The Morgan fingerprint density at radius 2 is 0.570 bits per heavy atom. The van der Waals surface area contributed by atoms with Crippen molar-refractivity contribution in [2.45, 2.75) is 224 Å². The minimum absolute atomic E-state index is 0.0778. The van der Waals surface area contributed by atoms with Gasteiger partial charge in [0.15, 0.2) is 0 Å². The van der Waals surface area contributed by atoms with E-state index in [0.29, 0.717) is 75.1 Å². The predicted octanol–water partition coefficient (Wildman–Crippen LogP) is 30.2. The largest absolute Gasteiger partial charge is 0.493 e. The maximum atomic E-state index is 13.4. The number of aryl methyl sites for hydroxylation is 2. The minimum atomic E-state index is -0.502. The molecule has 0 heterocycles. The van der Waals surface area contributed by atoms with Crippen LogP contribution in [0.2, 0.25) is 0 Å². The zero-order valence-corrected chi connectivity index (χ0v) is 80.1. The fourth-order valence-corrected chi connectivity index (χ4v) is 20.2. The number of carbonyl (C=O) groups excluding carboxylic acids is 2. The molecule has 6 atom stereocenters. The molecule has 13 rings (SSSR count). The van der Waals surface area contributed by atoms with E-state index < -0.39 is 10.8 Å². The van der Waals surface area contributed by atoms with Gasteiger partial charge in [-0.1, -0.05) is 231 Å². The fraction of sp³-hybridized carbons (Fsp3) is 0.448. The predicted molar refractivity (Wildman–Crippen MR) is 533 cm³/mol. The summed E-state index contributed by atoms with van der Waals surface area (Å²) in [4.78, 5) is 31.6. The van der Waals surface area contributed by atoms with E-state index in [2.05, 4.69) is 351 Å². The first-order valence-corrected chi connectivity index (χ1v) is 47.9. The zero-order valence-electron chi connectivity index (χ0n) is 80.1. The SMILES string of the molecule is COC(=O)[C@]1(C)CCC[C@]2(C)c3ccc(N(c4ccccc4)c4ccc(/C=C/c5cc(OCCC(C)C)c(/C=C/c6cc(OCCC(C)C)c(/C=C/c7cc(OCCC(C)C)c(/C=C/c8ccc(N(c9ccccc9)c9ccc%10c(c9)CCC9[C@](C)(C(=O)OC)CCC[C@]%109C)cc8)cc7OCCC(C)C)cc6OCCC(C)C)cc5OCCC(C)C)cc4)cc3CCC12. The third-order valence-corrected chi connectivity index (χ3v) is 27.8. The quantitative estimate of drug-likeness (QED) is 0.0269. The number of hydrogen-bond donors (Lipinski definition) is 0. The lowest BCUT2D eigenvalue weighted by molar-refractivity contribution is -0.162. The van der Waals surface area contributed by atoms with Crippen LogP contribution in [0.25, 0.3) is 48.6 Å². The summed E-state index contributed by atoms with van der Waals surface area (Å²) < 4.78 is 52.3. The molecule has 4 aliphatic carbocycles. The number of para-hydroxylation sites is 2. The van der Waals surface area contributed by atoms with Crippen LogP contribution in [0.4, 0.5) is 34.1 Å². The van der Waals surface area contributed by atoms with Crippen molar-refractivity contribution >= 4 is 94.7 Å². The van der Waals surface area contributed by atoms with Crippen molar-refractivity contribution in [2.75, 3.05) is 63.7 Å². The number of carbonyl (C=O) groups is 2. The molecule has 0 aliphatic heterocycles. The van der Waals surface area contributed by atoms with Gasteiger partial charge in [0.2, 0.25) is 0 Å². The van der Waals surface area contributed by atoms with Crippen molar-refractivity contribution in [1.82, 2.24) is 0 Å². The number of nitrogens with zero attached hydrogens (tertiary/aromatic N) is 2. The van der Waals surface area contributed by atoms with Crippen LogP contribution in [0, 0.1) is 58.2 Å². The first-order valence-electron chi connectivity index (χ1n) is 47.9. The lowest BCUT2D eigenvalue weighted by Gasteiger charge is -2.54. The second kappa shape index (κ2) is 43.1. The third kappa shape index (κ3) is 22.7. The normalized spacial score (nSPS) is 19.7.